The molecule has 0 unspecified atom stereocenters. The maximum atomic E-state index is 13.1. The van der Waals surface area contributed by atoms with Crippen LogP contribution in [-0.4, -0.2) is 101 Å². The van der Waals surface area contributed by atoms with Crippen LogP contribution in [0.25, 0.3) is 11.4 Å². The van der Waals surface area contributed by atoms with Crippen molar-refractivity contribution < 1.29 is 44.4 Å². The lowest BCUT2D eigenvalue weighted by atomic mass is 10.1. The van der Waals surface area contributed by atoms with Gasteiger partial charge in [-0.05, 0) is 42.0 Å². The fourth-order valence-corrected chi connectivity index (χ4v) is 3.99. The molecule has 220 valence electrons. The summed E-state index contributed by atoms with van der Waals surface area (Å²) in [5.74, 6) is -5.40. The average molecular weight is 581 g/mol. The minimum Gasteiger partial charge on any atom is -0.480 e. The quantitative estimate of drug-likeness (QED) is 0.155. The highest BCUT2D eigenvalue weighted by Crippen LogP contribution is 2.20. The molecule has 3 rings (SSSR count). The van der Waals surface area contributed by atoms with Gasteiger partial charge < -0.3 is 25.7 Å². The summed E-state index contributed by atoms with van der Waals surface area (Å²) in [5.41, 5.74) is 1.96. The molecule has 0 radical (unpaired) electrons. The molecule has 0 saturated carbocycles. The van der Waals surface area contributed by atoms with Gasteiger partial charge >= 0.3 is 23.9 Å². The van der Waals surface area contributed by atoms with Crippen LogP contribution >= 0.6 is 0 Å². The van der Waals surface area contributed by atoms with Crippen LogP contribution in [0.1, 0.15) is 27.3 Å². The van der Waals surface area contributed by atoms with E-state index in [1.165, 1.54) is 17.0 Å². The first-order chi connectivity index (χ1) is 20.0. The lowest BCUT2D eigenvalue weighted by Gasteiger charge is -2.19. The van der Waals surface area contributed by atoms with Crippen molar-refractivity contribution in [3.63, 3.8) is 0 Å². The molecule has 0 atom stereocenters. The van der Waals surface area contributed by atoms with Crippen molar-refractivity contribution in [1.82, 2.24) is 30.1 Å². The Morgan fingerprint density at radius 1 is 0.667 bits per heavy atom. The minimum absolute atomic E-state index is 0.101. The largest absolute Gasteiger partial charge is 0.480 e. The highest BCUT2D eigenvalue weighted by Gasteiger charge is 2.19. The summed E-state index contributed by atoms with van der Waals surface area (Å²) >= 11 is 0. The van der Waals surface area contributed by atoms with E-state index < -0.39 is 56.0 Å². The Bertz CT molecular complexity index is 1420. The molecule has 15 nitrogen and oxygen atoms in total. The lowest BCUT2D eigenvalue weighted by molar-refractivity contribution is -0.144. The second-order valence-corrected chi connectivity index (χ2v) is 9.15. The Morgan fingerprint density at radius 2 is 1.19 bits per heavy atom. The molecule has 0 fully saturated rings. The highest BCUT2D eigenvalue weighted by atomic mass is 16.4. The molecular weight excluding hydrogens is 552 g/mol. The van der Waals surface area contributed by atoms with Crippen LogP contribution in [0, 0.1) is 0 Å². The summed E-state index contributed by atoms with van der Waals surface area (Å²) in [5, 5.41) is 39.5. The summed E-state index contributed by atoms with van der Waals surface area (Å²) in [4.78, 5) is 73.3. The van der Waals surface area contributed by atoms with Crippen LogP contribution in [-0.2, 0) is 38.8 Å². The third kappa shape index (κ3) is 10.4. The summed E-state index contributed by atoms with van der Waals surface area (Å²) in [6.45, 7) is -2.35. The highest BCUT2D eigenvalue weighted by molar-refractivity contribution is 5.95. The van der Waals surface area contributed by atoms with Crippen LogP contribution in [0.2, 0.25) is 0 Å². The van der Waals surface area contributed by atoms with Gasteiger partial charge in [0.25, 0.3) is 5.91 Å². The van der Waals surface area contributed by atoms with E-state index in [1.54, 1.807) is 42.7 Å². The number of hydrogen-bond acceptors (Lipinski definition) is 10. The van der Waals surface area contributed by atoms with Crippen LogP contribution < -0.4 is 5.32 Å². The monoisotopic (exact) mass is 580 g/mol. The molecule has 0 aliphatic carbocycles. The van der Waals surface area contributed by atoms with E-state index in [-0.39, 0.29) is 42.3 Å². The molecule has 0 aliphatic rings. The van der Waals surface area contributed by atoms with Crippen LogP contribution in [0.3, 0.4) is 0 Å². The van der Waals surface area contributed by atoms with E-state index in [0.717, 1.165) is 10.5 Å². The molecule has 5 N–H and O–H groups in total. The molecule has 0 spiro atoms. The molecule has 0 aliphatic heterocycles. The number of amides is 1. The number of nitrogens with one attached hydrogen (secondary N) is 1. The Labute approximate surface area is 239 Å². The first-order valence-corrected chi connectivity index (χ1v) is 12.4. The number of aromatic nitrogens is 3. The van der Waals surface area contributed by atoms with E-state index in [1.807, 2.05) is 0 Å². The molecule has 0 bridgehead atoms. The van der Waals surface area contributed by atoms with Gasteiger partial charge in [-0.3, -0.25) is 38.8 Å². The van der Waals surface area contributed by atoms with E-state index in [4.69, 9.17) is 10.2 Å². The molecule has 15 heteroatoms. The number of nitrogens with zero attached hydrogens (tertiary/aromatic N) is 5. The van der Waals surface area contributed by atoms with Gasteiger partial charge in [-0.2, -0.15) is 0 Å². The number of aliphatic carboxylic acids is 4. The average Bonchev–Trinajstić information content (AvgIpc) is 2.90. The zero-order chi connectivity index (χ0) is 30.6. The minimum atomic E-state index is -1.25. The molecule has 3 aromatic rings. The van der Waals surface area contributed by atoms with E-state index in [9.17, 15) is 34.2 Å². The second-order valence-electron chi connectivity index (χ2n) is 9.15. The molecule has 1 amide bonds. The number of carbonyl (C=O) groups excluding carboxylic acids is 1. The molecular formula is C27H28N6O9. The van der Waals surface area contributed by atoms with Crippen molar-refractivity contribution in [2.45, 2.75) is 19.6 Å². The van der Waals surface area contributed by atoms with Crippen molar-refractivity contribution in [1.29, 1.82) is 0 Å². The zero-order valence-electron chi connectivity index (χ0n) is 22.2. The number of pyridine rings is 3. The topological polar surface area (TPSA) is 223 Å². The first kappa shape index (κ1) is 31.3. The van der Waals surface area contributed by atoms with Crippen LogP contribution in [0.4, 0.5) is 0 Å². The number of rotatable bonds is 16. The molecule has 0 saturated heterocycles. The Hall–Kier alpha value is -5.28. The van der Waals surface area contributed by atoms with Crippen LogP contribution in [0.15, 0.2) is 54.9 Å². The molecule has 0 aromatic carbocycles. The van der Waals surface area contributed by atoms with Crippen LogP contribution in [0.5, 0.6) is 0 Å². The number of carboxylic acids is 4. The number of carbonyl (C=O) groups is 5. The van der Waals surface area contributed by atoms with Gasteiger partial charge in [0.15, 0.2) is 0 Å². The standard InChI is InChI=1S/C27H28N6O9/c34-23(35)13-32(14-24(36)37)11-19-2-1-3-21(30-19)22-9-18(27(42)29-10-17-4-6-28-7-5-17)8-20(31-22)12-33(15-25(38)39)16-26(40)41/h1-9H,10-16H2,(H,29,42)(H,34,35)(H,36,37)(H,38,39)(H,40,41). The Morgan fingerprint density at radius 3 is 1.74 bits per heavy atom. The Balaban J connectivity index is 1.96. The zero-order valence-corrected chi connectivity index (χ0v) is 22.2. The third-order valence-corrected chi connectivity index (χ3v) is 5.62. The maximum absolute atomic E-state index is 13.1. The summed E-state index contributed by atoms with van der Waals surface area (Å²) in [6.07, 6.45) is 3.16. The van der Waals surface area contributed by atoms with Gasteiger partial charge in [0.05, 0.1) is 49.0 Å². The van der Waals surface area contributed by atoms with E-state index >= 15 is 0 Å². The summed E-state index contributed by atoms with van der Waals surface area (Å²) in [7, 11) is 0. The predicted molar refractivity (Wildman–Crippen MR) is 144 cm³/mol. The van der Waals surface area contributed by atoms with E-state index in [0.29, 0.717) is 5.69 Å². The SMILES string of the molecule is O=C(O)CN(CC(=O)O)Cc1cccc(-c2cc(C(=O)NCc3ccncc3)cc(CN(CC(=O)O)CC(=O)O)n2)n1. The van der Waals surface area contributed by atoms with Gasteiger partial charge in [-0.15, -0.1) is 0 Å². The fourth-order valence-electron chi connectivity index (χ4n) is 3.99. The van der Waals surface area contributed by atoms with Gasteiger partial charge in [0.1, 0.15) is 0 Å². The Kier molecular flexibility index (Phi) is 11.1. The smallest absolute Gasteiger partial charge is 0.317 e. The van der Waals surface area contributed by atoms with Crippen molar-refractivity contribution >= 4 is 29.8 Å². The normalized spacial score (nSPS) is 10.9. The number of hydrogen-bond donors (Lipinski definition) is 5. The van der Waals surface area contributed by atoms with Crippen molar-refractivity contribution in [3.8, 4) is 11.4 Å². The molecule has 42 heavy (non-hydrogen) atoms. The van der Waals surface area contributed by atoms with Crippen molar-refractivity contribution in [2.75, 3.05) is 26.2 Å². The predicted octanol–water partition coefficient (Wildman–Crippen LogP) is 0.411. The van der Waals surface area contributed by atoms with E-state index in [2.05, 4.69) is 20.3 Å². The van der Waals surface area contributed by atoms with Crippen molar-refractivity contribution in [3.05, 3.63) is 77.4 Å². The van der Waals surface area contributed by atoms with Gasteiger partial charge in [0, 0.05) is 37.6 Å². The molecule has 3 heterocycles. The fraction of sp³-hybridized carbons (Fsp3) is 0.259. The molecule has 3 aromatic heterocycles. The lowest BCUT2D eigenvalue weighted by Crippen LogP contribution is -2.34. The number of carboxylic acid groups (broad SMARTS) is 4. The summed E-state index contributed by atoms with van der Waals surface area (Å²) in [6, 6.07) is 11.1. The third-order valence-electron chi connectivity index (χ3n) is 5.62. The maximum Gasteiger partial charge on any atom is 0.317 e. The van der Waals surface area contributed by atoms with Gasteiger partial charge in [-0.25, -0.2) is 9.97 Å². The second kappa shape index (κ2) is 14.9. The summed E-state index contributed by atoms with van der Waals surface area (Å²) < 4.78 is 0. The van der Waals surface area contributed by atoms with Gasteiger partial charge in [0.2, 0.25) is 0 Å². The first-order valence-electron chi connectivity index (χ1n) is 12.4. The van der Waals surface area contributed by atoms with Crippen molar-refractivity contribution in [2.24, 2.45) is 0 Å². The van der Waals surface area contributed by atoms with Gasteiger partial charge in [-0.1, -0.05) is 6.07 Å².